The first-order chi connectivity index (χ1) is 7.31. The molecule has 1 fully saturated rings. The first-order valence-electron chi connectivity index (χ1n) is 5.28. The van der Waals surface area contributed by atoms with Crippen LogP contribution in [0.4, 0.5) is 0 Å². The zero-order chi connectivity index (χ0) is 10.7. The Kier molecular flexibility index (Phi) is 3.21. The molecule has 1 heterocycles. The van der Waals surface area contributed by atoms with Crippen LogP contribution in [0.2, 0.25) is 0 Å². The van der Waals surface area contributed by atoms with Crippen molar-refractivity contribution in [2.75, 3.05) is 13.2 Å². The molecular weight excluding hydrogens is 206 g/mol. The van der Waals surface area contributed by atoms with Gasteiger partial charge in [0.25, 0.3) is 5.17 Å². The molecule has 0 aliphatic carbocycles. The van der Waals surface area contributed by atoms with Gasteiger partial charge in [0.15, 0.2) is 0 Å². The Balaban J connectivity index is 2.04. The summed E-state index contributed by atoms with van der Waals surface area (Å²) in [7, 11) is 0. The lowest BCUT2D eigenvalue weighted by Gasteiger charge is -2.20. The highest BCUT2D eigenvalue weighted by molar-refractivity contribution is 7.80. The topological polar surface area (TPSA) is 12.5 Å². The maximum Gasteiger partial charge on any atom is 0.259 e. The van der Waals surface area contributed by atoms with E-state index in [1.54, 1.807) is 0 Å². The van der Waals surface area contributed by atoms with E-state index in [1.807, 2.05) is 6.07 Å². The van der Waals surface area contributed by atoms with Gasteiger partial charge in [-0.3, -0.25) is 0 Å². The molecule has 0 amide bonds. The van der Waals surface area contributed by atoms with Gasteiger partial charge in [0.1, 0.15) is 6.61 Å². The molecule has 2 nitrogen and oxygen atoms in total. The van der Waals surface area contributed by atoms with Crippen LogP contribution in [0.25, 0.3) is 0 Å². The zero-order valence-corrected chi connectivity index (χ0v) is 9.67. The predicted octanol–water partition coefficient (Wildman–Crippen LogP) is 2.23. The van der Waals surface area contributed by atoms with Crippen molar-refractivity contribution in [3.8, 4) is 0 Å². The third-order valence-electron chi connectivity index (χ3n) is 2.73. The average molecular weight is 221 g/mol. The highest BCUT2D eigenvalue weighted by Gasteiger charge is 2.28. The van der Waals surface area contributed by atoms with E-state index < -0.39 is 0 Å². The Morgan fingerprint density at radius 2 is 2.13 bits per heavy atom. The first-order valence-corrected chi connectivity index (χ1v) is 5.69. The van der Waals surface area contributed by atoms with Gasteiger partial charge in [-0.25, -0.2) is 0 Å². The lowest BCUT2D eigenvalue weighted by atomic mass is 10.1. The van der Waals surface area contributed by atoms with Crippen LogP contribution in [0.5, 0.6) is 0 Å². The van der Waals surface area contributed by atoms with Crippen molar-refractivity contribution in [1.82, 2.24) is 4.90 Å². The highest BCUT2D eigenvalue weighted by atomic mass is 32.1. The summed E-state index contributed by atoms with van der Waals surface area (Å²) in [5, 5.41) is 0.651. The Morgan fingerprint density at radius 3 is 2.80 bits per heavy atom. The maximum atomic E-state index is 5.40. The summed E-state index contributed by atoms with van der Waals surface area (Å²) >= 11 is 5.14. The largest absolute Gasteiger partial charge is 0.469 e. The molecule has 2 rings (SSSR count). The fraction of sp³-hybridized carbons (Fsp3) is 0.417. The molecule has 0 radical (unpaired) electrons. The fourth-order valence-corrected chi connectivity index (χ4v) is 2.28. The summed E-state index contributed by atoms with van der Waals surface area (Å²) in [6.07, 6.45) is 1.01. The molecule has 0 N–H and O–H groups in total. The summed E-state index contributed by atoms with van der Waals surface area (Å²) < 4.78 is 5.40. The van der Waals surface area contributed by atoms with Gasteiger partial charge in [-0.2, -0.15) is 0 Å². The van der Waals surface area contributed by atoms with Crippen molar-refractivity contribution in [2.45, 2.75) is 19.4 Å². The zero-order valence-electron chi connectivity index (χ0n) is 8.85. The second-order valence-electron chi connectivity index (χ2n) is 3.71. The molecule has 0 aromatic heterocycles. The number of likely N-dealkylation sites (N-methyl/N-ethyl adjacent to an activating group) is 1. The van der Waals surface area contributed by atoms with Crippen LogP contribution < -0.4 is 0 Å². The minimum atomic E-state index is 0.407. The third kappa shape index (κ3) is 2.29. The number of nitrogens with zero attached hydrogens (tertiary/aromatic N) is 1. The molecule has 1 aliphatic rings. The standard InChI is InChI=1S/C12H15NOS/c1-2-13-11(9-14-12(13)15)8-10-6-4-3-5-7-10/h3-7,11H,2,8-9H2,1H3/t11-/m0/s1. The number of hydrogen-bond acceptors (Lipinski definition) is 2. The summed E-state index contributed by atoms with van der Waals surface area (Å²) in [5.41, 5.74) is 1.34. The molecule has 1 aliphatic heterocycles. The lowest BCUT2D eigenvalue weighted by molar-refractivity contribution is 0.311. The number of benzene rings is 1. The van der Waals surface area contributed by atoms with Crippen LogP contribution in [0.1, 0.15) is 12.5 Å². The molecule has 1 atom stereocenters. The molecule has 1 saturated heterocycles. The smallest absolute Gasteiger partial charge is 0.259 e. The summed E-state index contributed by atoms with van der Waals surface area (Å²) in [6, 6.07) is 10.9. The van der Waals surface area contributed by atoms with Crippen LogP contribution >= 0.6 is 12.2 Å². The summed E-state index contributed by atoms with van der Waals surface area (Å²) in [4.78, 5) is 2.16. The minimum absolute atomic E-state index is 0.407. The highest BCUT2D eigenvalue weighted by Crippen LogP contribution is 2.16. The van der Waals surface area contributed by atoms with E-state index in [4.69, 9.17) is 17.0 Å². The predicted molar refractivity (Wildman–Crippen MR) is 64.9 cm³/mol. The van der Waals surface area contributed by atoms with Crippen molar-refractivity contribution in [2.24, 2.45) is 0 Å². The van der Waals surface area contributed by atoms with Gasteiger partial charge in [-0.1, -0.05) is 30.3 Å². The summed E-state index contributed by atoms with van der Waals surface area (Å²) in [6.45, 7) is 3.76. The van der Waals surface area contributed by atoms with Crippen molar-refractivity contribution < 1.29 is 4.74 Å². The first kappa shape index (κ1) is 10.4. The molecule has 1 aromatic rings. The Morgan fingerprint density at radius 1 is 1.40 bits per heavy atom. The van der Waals surface area contributed by atoms with E-state index in [0.29, 0.717) is 11.2 Å². The molecule has 15 heavy (non-hydrogen) atoms. The van der Waals surface area contributed by atoms with Crippen molar-refractivity contribution in [3.63, 3.8) is 0 Å². The van der Waals surface area contributed by atoms with Crippen molar-refractivity contribution >= 4 is 17.4 Å². The molecule has 3 heteroatoms. The Hall–Kier alpha value is -1.09. The van der Waals surface area contributed by atoms with Gasteiger partial charge in [0.2, 0.25) is 0 Å². The molecule has 80 valence electrons. The second kappa shape index (κ2) is 4.62. The maximum absolute atomic E-state index is 5.40. The van der Waals surface area contributed by atoms with Gasteiger partial charge < -0.3 is 9.64 Å². The Labute approximate surface area is 95.8 Å². The van der Waals surface area contributed by atoms with E-state index >= 15 is 0 Å². The van der Waals surface area contributed by atoms with Gasteiger partial charge >= 0.3 is 0 Å². The number of rotatable bonds is 3. The lowest BCUT2D eigenvalue weighted by Crippen LogP contribution is -2.34. The molecule has 0 unspecified atom stereocenters. The normalized spacial score (nSPS) is 20.5. The van der Waals surface area contributed by atoms with E-state index in [1.165, 1.54) is 5.56 Å². The molecule has 1 aromatic carbocycles. The number of hydrogen-bond donors (Lipinski definition) is 0. The molecular formula is C12H15NOS. The van der Waals surface area contributed by atoms with E-state index in [-0.39, 0.29) is 0 Å². The number of thiocarbonyl (C=S) groups is 1. The van der Waals surface area contributed by atoms with E-state index in [0.717, 1.165) is 19.6 Å². The van der Waals surface area contributed by atoms with E-state index in [9.17, 15) is 0 Å². The van der Waals surface area contributed by atoms with Crippen LogP contribution in [-0.4, -0.2) is 29.3 Å². The van der Waals surface area contributed by atoms with Gasteiger partial charge in [0.05, 0.1) is 6.04 Å². The average Bonchev–Trinajstić information content (AvgIpc) is 2.61. The summed E-state index contributed by atoms with van der Waals surface area (Å²) in [5.74, 6) is 0. The molecule has 0 saturated carbocycles. The van der Waals surface area contributed by atoms with Crippen LogP contribution in [0, 0.1) is 0 Å². The molecule has 0 bridgehead atoms. The Bertz CT molecular complexity index is 339. The van der Waals surface area contributed by atoms with Gasteiger partial charge in [-0.05, 0) is 31.1 Å². The van der Waals surface area contributed by atoms with Crippen LogP contribution in [0.15, 0.2) is 30.3 Å². The monoisotopic (exact) mass is 221 g/mol. The van der Waals surface area contributed by atoms with Gasteiger partial charge in [0, 0.05) is 6.54 Å². The number of ether oxygens (including phenoxy) is 1. The fourth-order valence-electron chi connectivity index (χ4n) is 1.93. The quantitative estimate of drug-likeness (QED) is 0.726. The molecule has 0 spiro atoms. The third-order valence-corrected chi connectivity index (χ3v) is 3.08. The van der Waals surface area contributed by atoms with Crippen LogP contribution in [-0.2, 0) is 11.2 Å². The van der Waals surface area contributed by atoms with Crippen molar-refractivity contribution in [3.05, 3.63) is 35.9 Å². The second-order valence-corrected chi connectivity index (χ2v) is 4.06. The van der Waals surface area contributed by atoms with Crippen molar-refractivity contribution in [1.29, 1.82) is 0 Å². The minimum Gasteiger partial charge on any atom is -0.469 e. The van der Waals surface area contributed by atoms with E-state index in [2.05, 4.69) is 36.1 Å². The van der Waals surface area contributed by atoms with Crippen LogP contribution in [0.3, 0.4) is 0 Å². The van der Waals surface area contributed by atoms with Gasteiger partial charge in [-0.15, -0.1) is 0 Å². The SMILES string of the molecule is CCN1C(=S)OC[C@@H]1Cc1ccccc1.